The molecular weight excluding hydrogens is 377 g/mol. The average Bonchev–Trinajstić information content (AvgIpc) is 2.58. The number of nitro groups is 1. The quantitative estimate of drug-likeness (QED) is 0.400. The van der Waals surface area contributed by atoms with E-state index in [0.29, 0.717) is 5.56 Å². The van der Waals surface area contributed by atoms with Gasteiger partial charge in [0, 0.05) is 19.2 Å². The minimum absolute atomic E-state index is 0.0208. The number of amides is 1. The van der Waals surface area contributed by atoms with E-state index in [1.54, 1.807) is 6.07 Å². The SMILES string of the molecule is Cc1cccc([N+](=O)[O-])c1S(=O)(=O)NCCNC(=O)Cc1cccc(F)c1. The number of nitrogens with zero attached hydrogens (tertiary/aromatic N) is 1. The molecule has 2 N–H and O–H groups in total. The highest BCUT2D eigenvalue weighted by Gasteiger charge is 2.27. The van der Waals surface area contributed by atoms with Gasteiger partial charge in [0.25, 0.3) is 5.69 Å². The molecule has 0 spiro atoms. The monoisotopic (exact) mass is 395 g/mol. The van der Waals surface area contributed by atoms with Gasteiger partial charge in [-0.25, -0.2) is 17.5 Å². The Bertz CT molecular complexity index is 963. The van der Waals surface area contributed by atoms with Crippen molar-refractivity contribution in [2.45, 2.75) is 18.2 Å². The zero-order valence-electron chi connectivity index (χ0n) is 14.4. The van der Waals surface area contributed by atoms with Crippen LogP contribution in [0, 0.1) is 22.9 Å². The van der Waals surface area contributed by atoms with Gasteiger partial charge in [0.2, 0.25) is 15.9 Å². The lowest BCUT2D eigenvalue weighted by Gasteiger charge is -2.10. The maximum absolute atomic E-state index is 13.1. The number of hydrogen-bond donors (Lipinski definition) is 2. The smallest absolute Gasteiger partial charge is 0.289 e. The van der Waals surface area contributed by atoms with Crippen molar-refractivity contribution in [3.8, 4) is 0 Å². The third-order valence-electron chi connectivity index (χ3n) is 3.65. The van der Waals surface area contributed by atoms with E-state index in [4.69, 9.17) is 0 Å². The summed E-state index contributed by atoms with van der Waals surface area (Å²) in [6, 6.07) is 9.56. The van der Waals surface area contributed by atoms with E-state index in [9.17, 15) is 27.7 Å². The van der Waals surface area contributed by atoms with Crippen molar-refractivity contribution in [2.24, 2.45) is 0 Å². The summed E-state index contributed by atoms with van der Waals surface area (Å²) >= 11 is 0. The first-order valence-corrected chi connectivity index (χ1v) is 9.44. The van der Waals surface area contributed by atoms with Gasteiger partial charge in [-0.2, -0.15) is 0 Å². The Kier molecular flexibility index (Phi) is 6.59. The third-order valence-corrected chi connectivity index (χ3v) is 5.30. The number of carbonyl (C=O) groups excluding carboxylic acids is 1. The van der Waals surface area contributed by atoms with Crippen molar-refractivity contribution in [2.75, 3.05) is 13.1 Å². The zero-order chi connectivity index (χ0) is 20.0. The predicted octanol–water partition coefficient (Wildman–Crippen LogP) is 1.68. The topological polar surface area (TPSA) is 118 Å². The van der Waals surface area contributed by atoms with E-state index in [0.717, 1.165) is 6.07 Å². The van der Waals surface area contributed by atoms with E-state index in [2.05, 4.69) is 10.0 Å². The molecule has 27 heavy (non-hydrogen) atoms. The highest BCUT2D eigenvalue weighted by Crippen LogP contribution is 2.26. The standard InChI is InChI=1S/C17H18FN3O5S/c1-12-4-2-7-15(21(23)24)17(12)27(25,26)20-9-8-19-16(22)11-13-5-3-6-14(18)10-13/h2-7,10,20H,8-9,11H2,1H3,(H,19,22). The molecule has 0 unspecified atom stereocenters. The van der Waals surface area contributed by atoms with E-state index in [1.807, 2.05) is 0 Å². The summed E-state index contributed by atoms with van der Waals surface area (Å²) in [7, 11) is -4.12. The molecule has 0 saturated carbocycles. The normalized spacial score (nSPS) is 11.2. The molecule has 0 heterocycles. The molecule has 0 aliphatic carbocycles. The summed E-state index contributed by atoms with van der Waals surface area (Å²) in [4.78, 5) is 21.7. The number of aryl methyl sites for hydroxylation is 1. The van der Waals surface area contributed by atoms with Gasteiger partial charge in [0.15, 0.2) is 4.90 Å². The summed E-state index contributed by atoms with van der Waals surface area (Å²) in [5, 5.41) is 13.6. The van der Waals surface area contributed by atoms with Crippen molar-refractivity contribution in [1.82, 2.24) is 10.0 Å². The number of hydrogen-bond acceptors (Lipinski definition) is 5. The van der Waals surface area contributed by atoms with Crippen LogP contribution in [-0.2, 0) is 21.2 Å². The number of carbonyl (C=O) groups is 1. The lowest BCUT2D eigenvalue weighted by atomic mass is 10.1. The van der Waals surface area contributed by atoms with Crippen molar-refractivity contribution in [3.05, 3.63) is 69.5 Å². The molecule has 1 amide bonds. The fourth-order valence-corrected chi connectivity index (χ4v) is 3.91. The Morgan fingerprint density at radius 3 is 2.56 bits per heavy atom. The van der Waals surface area contributed by atoms with E-state index >= 15 is 0 Å². The molecule has 0 saturated heterocycles. The summed E-state index contributed by atoms with van der Waals surface area (Å²) in [6.07, 6.45) is -0.0478. The first-order chi connectivity index (χ1) is 12.7. The molecule has 0 bridgehead atoms. The minimum atomic E-state index is -4.12. The summed E-state index contributed by atoms with van der Waals surface area (Å²) in [6.45, 7) is 1.29. The van der Waals surface area contributed by atoms with Gasteiger partial charge in [0.05, 0.1) is 11.3 Å². The summed E-state index contributed by atoms with van der Waals surface area (Å²) < 4.78 is 40.1. The van der Waals surface area contributed by atoms with E-state index < -0.39 is 37.3 Å². The Labute approximate surface area is 155 Å². The Morgan fingerprint density at radius 1 is 1.19 bits per heavy atom. The van der Waals surface area contributed by atoms with Gasteiger partial charge in [-0.05, 0) is 30.2 Å². The molecule has 2 rings (SSSR count). The second-order valence-electron chi connectivity index (χ2n) is 5.73. The first kappa shape index (κ1) is 20.5. The molecule has 0 fully saturated rings. The molecule has 144 valence electrons. The predicted molar refractivity (Wildman–Crippen MR) is 96.1 cm³/mol. The number of sulfonamides is 1. The summed E-state index contributed by atoms with van der Waals surface area (Å²) in [5.41, 5.74) is 0.216. The van der Waals surface area contributed by atoms with Gasteiger partial charge in [0.1, 0.15) is 5.82 Å². The first-order valence-electron chi connectivity index (χ1n) is 7.95. The van der Waals surface area contributed by atoms with Crippen LogP contribution >= 0.6 is 0 Å². The van der Waals surface area contributed by atoms with E-state index in [-0.39, 0.29) is 25.1 Å². The van der Waals surface area contributed by atoms with Gasteiger partial charge < -0.3 is 5.32 Å². The second kappa shape index (κ2) is 8.69. The van der Waals surface area contributed by atoms with Crippen LogP contribution in [0.2, 0.25) is 0 Å². The van der Waals surface area contributed by atoms with E-state index in [1.165, 1.54) is 37.3 Å². The number of nitrogens with one attached hydrogen (secondary N) is 2. The van der Waals surface area contributed by atoms with Gasteiger partial charge in [-0.1, -0.05) is 24.3 Å². The lowest BCUT2D eigenvalue weighted by Crippen LogP contribution is -2.35. The molecule has 0 radical (unpaired) electrons. The molecule has 8 nitrogen and oxygen atoms in total. The maximum Gasteiger partial charge on any atom is 0.289 e. The van der Waals surface area contributed by atoms with Crippen LogP contribution < -0.4 is 10.0 Å². The average molecular weight is 395 g/mol. The van der Waals surface area contributed by atoms with Crippen LogP contribution in [0.4, 0.5) is 10.1 Å². The summed E-state index contributed by atoms with van der Waals surface area (Å²) in [5.74, 6) is -0.852. The maximum atomic E-state index is 13.1. The fraction of sp³-hybridized carbons (Fsp3) is 0.235. The van der Waals surface area contributed by atoms with Gasteiger partial charge in [-0.3, -0.25) is 14.9 Å². The molecule has 0 aliphatic heterocycles. The molecule has 10 heteroatoms. The van der Waals surface area contributed by atoms with Crippen LogP contribution in [0.1, 0.15) is 11.1 Å². The minimum Gasteiger partial charge on any atom is -0.355 e. The van der Waals surface area contributed by atoms with Crippen LogP contribution in [-0.4, -0.2) is 32.3 Å². The number of nitro benzene ring substituents is 1. The van der Waals surface area contributed by atoms with Crippen LogP contribution in [0.15, 0.2) is 47.4 Å². The molecule has 0 atom stereocenters. The van der Waals surface area contributed by atoms with Crippen LogP contribution in [0.3, 0.4) is 0 Å². The molecule has 2 aromatic carbocycles. The highest BCUT2D eigenvalue weighted by atomic mass is 32.2. The Morgan fingerprint density at radius 2 is 1.89 bits per heavy atom. The third kappa shape index (κ3) is 5.56. The van der Waals surface area contributed by atoms with Gasteiger partial charge >= 0.3 is 0 Å². The van der Waals surface area contributed by atoms with Crippen molar-refractivity contribution < 1.29 is 22.5 Å². The molecule has 2 aromatic rings. The number of rotatable bonds is 8. The van der Waals surface area contributed by atoms with Crippen molar-refractivity contribution in [3.63, 3.8) is 0 Å². The second-order valence-corrected chi connectivity index (χ2v) is 7.44. The van der Waals surface area contributed by atoms with Crippen molar-refractivity contribution in [1.29, 1.82) is 0 Å². The lowest BCUT2D eigenvalue weighted by molar-refractivity contribution is -0.387. The Balaban J connectivity index is 1.93. The van der Waals surface area contributed by atoms with Crippen LogP contribution in [0.5, 0.6) is 0 Å². The molecular formula is C17H18FN3O5S. The largest absolute Gasteiger partial charge is 0.355 e. The van der Waals surface area contributed by atoms with Crippen LogP contribution in [0.25, 0.3) is 0 Å². The Hall–Kier alpha value is -2.85. The van der Waals surface area contributed by atoms with Gasteiger partial charge in [-0.15, -0.1) is 0 Å². The number of halogens is 1. The molecule has 0 aromatic heterocycles. The van der Waals surface area contributed by atoms with Crippen molar-refractivity contribution >= 4 is 21.6 Å². The highest BCUT2D eigenvalue weighted by molar-refractivity contribution is 7.89. The zero-order valence-corrected chi connectivity index (χ0v) is 15.3. The number of benzene rings is 2. The fourth-order valence-electron chi connectivity index (χ4n) is 2.48. The molecule has 0 aliphatic rings.